The van der Waals surface area contributed by atoms with E-state index >= 15 is 0 Å². The SMILES string of the molecule is COCCNCCNC(=O)c1ccccc1NC(=O)c1ccc(OC)cc1. The van der Waals surface area contributed by atoms with Crippen molar-refractivity contribution < 1.29 is 19.1 Å². The fourth-order valence-corrected chi connectivity index (χ4v) is 2.39. The van der Waals surface area contributed by atoms with Crippen molar-refractivity contribution in [3.8, 4) is 5.75 Å². The number of hydrogen-bond donors (Lipinski definition) is 3. The summed E-state index contributed by atoms with van der Waals surface area (Å²) in [6.45, 7) is 2.45. The summed E-state index contributed by atoms with van der Waals surface area (Å²) in [5, 5.41) is 8.78. The molecule has 0 aliphatic heterocycles. The zero-order valence-corrected chi connectivity index (χ0v) is 15.6. The van der Waals surface area contributed by atoms with Crippen LogP contribution in [0.2, 0.25) is 0 Å². The maximum absolute atomic E-state index is 12.4. The minimum Gasteiger partial charge on any atom is -0.497 e. The lowest BCUT2D eigenvalue weighted by Gasteiger charge is -2.12. The molecule has 0 aromatic heterocycles. The molecule has 0 saturated carbocycles. The van der Waals surface area contributed by atoms with Crippen LogP contribution in [-0.4, -0.2) is 52.3 Å². The van der Waals surface area contributed by atoms with Gasteiger partial charge in [-0.15, -0.1) is 0 Å². The van der Waals surface area contributed by atoms with Gasteiger partial charge in [0, 0.05) is 32.3 Å². The summed E-state index contributed by atoms with van der Waals surface area (Å²) in [4.78, 5) is 24.9. The van der Waals surface area contributed by atoms with E-state index in [4.69, 9.17) is 9.47 Å². The lowest BCUT2D eigenvalue weighted by atomic mass is 10.1. The number of carbonyl (C=O) groups is 2. The number of nitrogens with one attached hydrogen (secondary N) is 3. The number of para-hydroxylation sites is 1. The first kappa shape index (κ1) is 20.4. The second-order valence-corrected chi connectivity index (χ2v) is 5.73. The number of carbonyl (C=O) groups excluding carboxylic acids is 2. The lowest BCUT2D eigenvalue weighted by molar-refractivity contribution is 0.0954. The third-order valence-electron chi connectivity index (χ3n) is 3.84. The summed E-state index contributed by atoms with van der Waals surface area (Å²) in [5.41, 5.74) is 1.35. The fourth-order valence-electron chi connectivity index (χ4n) is 2.39. The Morgan fingerprint density at radius 3 is 2.33 bits per heavy atom. The van der Waals surface area contributed by atoms with Gasteiger partial charge in [-0.1, -0.05) is 12.1 Å². The second kappa shape index (κ2) is 10.9. The monoisotopic (exact) mass is 371 g/mol. The van der Waals surface area contributed by atoms with E-state index in [0.717, 1.165) is 6.54 Å². The molecule has 0 aliphatic carbocycles. The average molecular weight is 371 g/mol. The van der Waals surface area contributed by atoms with Crippen LogP contribution in [0, 0.1) is 0 Å². The van der Waals surface area contributed by atoms with Crippen LogP contribution >= 0.6 is 0 Å². The molecule has 0 saturated heterocycles. The number of anilines is 1. The van der Waals surface area contributed by atoms with E-state index in [2.05, 4.69) is 16.0 Å². The van der Waals surface area contributed by atoms with Crippen LogP contribution < -0.4 is 20.7 Å². The van der Waals surface area contributed by atoms with E-state index in [1.165, 1.54) is 0 Å². The molecule has 0 spiro atoms. The number of rotatable bonds is 10. The van der Waals surface area contributed by atoms with Gasteiger partial charge in [-0.2, -0.15) is 0 Å². The van der Waals surface area contributed by atoms with Crippen LogP contribution in [0.25, 0.3) is 0 Å². The topological polar surface area (TPSA) is 88.7 Å². The number of ether oxygens (including phenoxy) is 2. The summed E-state index contributed by atoms with van der Waals surface area (Å²) in [5.74, 6) is 0.138. The molecule has 0 bridgehead atoms. The summed E-state index contributed by atoms with van der Waals surface area (Å²) >= 11 is 0. The normalized spacial score (nSPS) is 10.3. The minimum absolute atomic E-state index is 0.242. The Balaban J connectivity index is 1.95. The highest BCUT2D eigenvalue weighted by molar-refractivity contribution is 6.09. The van der Waals surface area contributed by atoms with Crippen LogP contribution in [-0.2, 0) is 4.74 Å². The molecular weight excluding hydrogens is 346 g/mol. The highest BCUT2D eigenvalue weighted by Crippen LogP contribution is 2.17. The summed E-state index contributed by atoms with van der Waals surface area (Å²) < 4.78 is 10.0. The summed E-state index contributed by atoms with van der Waals surface area (Å²) in [7, 11) is 3.21. The van der Waals surface area contributed by atoms with Crippen LogP contribution in [0.15, 0.2) is 48.5 Å². The maximum atomic E-state index is 12.4. The first-order chi connectivity index (χ1) is 13.2. The van der Waals surface area contributed by atoms with Crippen LogP contribution in [0.5, 0.6) is 5.75 Å². The number of amides is 2. The van der Waals surface area contributed by atoms with Gasteiger partial charge in [-0.05, 0) is 36.4 Å². The molecule has 0 radical (unpaired) electrons. The molecule has 0 heterocycles. The maximum Gasteiger partial charge on any atom is 0.255 e. The Morgan fingerprint density at radius 2 is 1.63 bits per heavy atom. The smallest absolute Gasteiger partial charge is 0.255 e. The van der Waals surface area contributed by atoms with Crippen molar-refractivity contribution in [2.45, 2.75) is 0 Å². The molecule has 0 aliphatic rings. The summed E-state index contributed by atoms with van der Waals surface area (Å²) in [6, 6.07) is 13.7. The molecule has 0 unspecified atom stereocenters. The molecule has 2 aromatic carbocycles. The Bertz CT molecular complexity index is 747. The molecule has 2 rings (SSSR count). The van der Waals surface area contributed by atoms with E-state index in [1.807, 2.05) is 0 Å². The van der Waals surface area contributed by atoms with Crippen molar-refractivity contribution in [3.63, 3.8) is 0 Å². The molecular formula is C20H25N3O4. The van der Waals surface area contributed by atoms with Gasteiger partial charge < -0.3 is 25.4 Å². The second-order valence-electron chi connectivity index (χ2n) is 5.73. The van der Waals surface area contributed by atoms with Crippen LogP contribution in [0.1, 0.15) is 20.7 Å². The summed E-state index contributed by atoms with van der Waals surface area (Å²) in [6.07, 6.45) is 0. The van der Waals surface area contributed by atoms with Crippen LogP contribution in [0.3, 0.4) is 0 Å². The van der Waals surface area contributed by atoms with Gasteiger partial charge in [0.2, 0.25) is 0 Å². The van der Waals surface area contributed by atoms with E-state index in [1.54, 1.807) is 62.8 Å². The quantitative estimate of drug-likeness (QED) is 0.555. The zero-order valence-electron chi connectivity index (χ0n) is 15.6. The van der Waals surface area contributed by atoms with Gasteiger partial charge in [0.15, 0.2) is 0 Å². The highest BCUT2D eigenvalue weighted by Gasteiger charge is 2.13. The molecule has 144 valence electrons. The molecule has 0 atom stereocenters. The van der Waals surface area contributed by atoms with Crippen molar-refractivity contribution in [3.05, 3.63) is 59.7 Å². The fraction of sp³-hybridized carbons (Fsp3) is 0.300. The average Bonchev–Trinajstić information content (AvgIpc) is 2.71. The zero-order chi connectivity index (χ0) is 19.5. The van der Waals surface area contributed by atoms with Crippen LogP contribution in [0.4, 0.5) is 5.69 Å². The van der Waals surface area contributed by atoms with Gasteiger partial charge in [0.05, 0.1) is 25.0 Å². The molecule has 7 nitrogen and oxygen atoms in total. The van der Waals surface area contributed by atoms with E-state index in [-0.39, 0.29) is 11.8 Å². The third-order valence-corrected chi connectivity index (χ3v) is 3.84. The Kier molecular flexibility index (Phi) is 8.28. The molecule has 3 N–H and O–H groups in total. The van der Waals surface area contributed by atoms with Crippen molar-refractivity contribution in [2.24, 2.45) is 0 Å². The van der Waals surface area contributed by atoms with E-state index in [0.29, 0.717) is 42.3 Å². The predicted octanol–water partition coefficient (Wildman–Crippen LogP) is 1.91. The first-order valence-corrected chi connectivity index (χ1v) is 8.68. The third kappa shape index (κ3) is 6.40. The first-order valence-electron chi connectivity index (χ1n) is 8.68. The van der Waals surface area contributed by atoms with Crippen molar-refractivity contribution in [2.75, 3.05) is 45.8 Å². The van der Waals surface area contributed by atoms with Gasteiger partial charge in [-0.25, -0.2) is 0 Å². The Hall–Kier alpha value is -2.90. The molecule has 7 heteroatoms. The van der Waals surface area contributed by atoms with Crippen molar-refractivity contribution in [1.29, 1.82) is 0 Å². The van der Waals surface area contributed by atoms with Gasteiger partial charge in [0.1, 0.15) is 5.75 Å². The van der Waals surface area contributed by atoms with Gasteiger partial charge in [-0.3, -0.25) is 9.59 Å². The Morgan fingerprint density at radius 1 is 0.889 bits per heavy atom. The Labute approximate surface area is 159 Å². The molecule has 2 amide bonds. The van der Waals surface area contributed by atoms with E-state index in [9.17, 15) is 9.59 Å². The number of methoxy groups -OCH3 is 2. The lowest BCUT2D eigenvalue weighted by Crippen LogP contribution is -2.33. The molecule has 27 heavy (non-hydrogen) atoms. The largest absolute Gasteiger partial charge is 0.497 e. The van der Waals surface area contributed by atoms with Crippen molar-refractivity contribution in [1.82, 2.24) is 10.6 Å². The van der Waals surface area contributed by atoms with Gasteiger partial charge in [0.25, 0.3) is 11.8 Å². The van der Waals surface area contributed by atoms with Crippen molar-refractivity contribution >= 4 is 17.5 Å². The van der Waals surface area contributed by atoms with Gasteiger partial charge >= 0.3 is 0 Å². The number of hydrogen-bond acceptors (Lipinski definition) is 5. The van der Waals surface area contributed by atoms with E-state index < -0.39 is 0 Å². The highest BCUT2D eigenvalue weighted by atomic mass is 16.5. The molecule has 0 fully saturated rings. The standard InChI is InChI=1S/C20H25N3O4/c1-26-14-13-21-11-12-22-20(25)17-5-3-4-6-18(17)23-19(24)15-7-9-16(27-2)10-8-15/h3-10,21H,11-14H2,1-2H3,(H,22,25)(H,23,24). The predicted molar refractivity (Wildman–Crippen MR) is 104 cm³/mol. The molecule has 2 aromatic rings. The minimum atomic E-state index is -0.292. The number of benzene rings is 2.